The van der Waals surface area contributed by atoms with E-state index in [9.17, 15) is 9.59 Å². The van der Waals surface area contributed by atoms with Crippen molar-refractivity contribution in [3.8, 4) is 17.1 Å². The highest BCUT2D eigenvalue weighted by Crippen LogP contribution is 2.20. The van der Waals surface area contributed by atoms with Crippen molar-refractivity contribution in [2.24, 2.45) is 0 Å². The van der Waals surface area contributed by atoms with Crippen LogP contribution >= 0.6 is 11.3 Å². The monoisotopic (exact) mass is 421 g/mol. The highest BCUT2D eigenvalue weighted by molar-refractivity contribution is 7.15. The fraction of sp³-hybridized carbons (Fsp3) is 0.182. The van der Waals surface area contributed by atoms with Crippen LogP contribution < -0.4 is 14.8 Å². The van der Waals surface area contributed by atoms with E-state index < -0.39 is 5.97 Å². The molecule has 0 unspecified atom stereocenters. The second-order valence-corrected chi connectivity index (χ2v) is 7.54. The highest BCUT2D eigenvalue weighted by atomic mass is 32.1. The molecule has 0 bridgehead atoms. The Balaban J connectivity index is 1.61. The third-order valence-electron chi connectivity index (χ3n) is 4.40. The van der Waals surface area contributed by atoms with Crippen molar-refractivity contribution in [2.75, 3.05) is 13.7 Å². The van der Waals surface area contributed by atoms with Crippen molar-refractivity contribution in [1.82, 2.24) is 14.6 Å². The van der Waals surface area contributed by atoms with Crippen LogP contribution in [0, 0.1) is 0 Å². The number of carbonyl (C=O) groups is 1. The smallest absolute Gasteiger partial charge is 0.337 e. The lowest BCUT2D eigenvalue weighted by atomic mass is 10.1. The molecule has 152 valence electrons. The Morgan fingerprint density at radius 1 is 1.13 bits per heavy atom. The van der Waals surface area contributed by atoms with Crippen molar-refractivity contribution >= 4 is 28.3 Å². The van der Waals surface area contributed by atoms with Crippen LogP contribution in [0.2, 0.25) is 0 Å². The Morgan fingerprint density at radius 3 is 2.50 bits per heavy atom. The number of benzene rings is 2. The Hall–Kier alpha value is -3.52. The molecular formula is C22H19N3O4S. The fourth-order valence-electron chi connectivity index (χ4n) is 2.86. The van der Waals surface area contributed by atoms with Crippen molar-refractivity contribution in [2.45, 2.75) is 13.3 Å². The Morgan fingerprint density at radius 2 is 1.87 bits per heavy atom. The van der Waals surface area contributed by atoms with Gasteiger partial charge in [0, 0.05) is 5.56 Å². The number of fused-ring (bicyclic) bond motifs is 1. The molecule has 2 aromatic heterocycles. The molecule has 2 aromatic carbocycles. The van der Waals surface area contributed by atoms with E-state index in [1.54, 1.807) is 30.3 Å². The summed E-state index contributed by atoms with van der Waals surface area (Å²) in [6.07, 6.45) is 2.70. The van der Waals surface area contributed by atoms with Crippen LogP contribution in [0.3, 0.4) is 0 Å². The van der Waals surface area contributed by atoms with Gasteiger partial charge < -0.3 is 9.47 Å². The lowest BCUT2D eigenvalue weighted by molar-refractivity contribution is 0.0600. The number of thiazole rings is 1. The number of aromatic nitrogens is 3. The van der Waals surface area contributed by atoms with E-state index in [1.165, 1.54) is 23.0 Å². The molecule has 0 amide bonds. The van der Waals surface area contributed by atoms with Crippen LogP contribution in [0.25, 0.3) is 22.4 Å². The first-order valence-electron chi connectivity index (χ1n) is 9.42. The zero-order valence-corrected chi connectivity index (χ0v) is 17.3. The fourth-order valence-corrected chi connectivity index (χ4v) is 3.77. The Bertz CT molecular complexity index is 1290. The lowest BCUT2D eigenvalue weighted by Crippen LogP contribution is -2.23. The SMILES string of the molecule is CCCOc1ccc(-c2nc3s/c(=C/c4ccc(C(=O)OC)cc4)c(=O)n3n2)cc1. The van der Waals surface area contributed by atoms with Gasteiger partial charge in [-0.05, 0) is 54.5 Å². The van der Waals surface area contributed by atoms with Crippen LogP contribution in [0.15, 0.2) is 53.3 Å². The molecule has 4 rings (SSSR count). The summed E-state index contributed by atoms with van der Waals surface area (Å²) in [5.74, 6) is 0.887. The summed E-state index contributed by atoms with van der Waals surface area (Å²) >= 11 is 1.27. The Labute approximate surface area is 176 Å². The van der Waals surface area contributed by atoms with Gasteiger partial charge >= 0.3 is 5.97 Å². The van der Waals surface area contributed by atoms with Gasteiger partial charge in [0.1, 0.15) is 5.75 Å². The molecule has 0 atom stereocenters. The van der Waals surface area contributed by atoms with E-state index in [0.29, 0.717) is 27.5 Å². The minimum atomic E-state index is -0.401. The summed E-state index contributed by atoms with van der Waals surface area (Å²) in [5, 5.41) is 4.37. The minimum Gasteiger partial charge on any atom is -0.494 e. The van der Waals surface area contributed by atoms with Crippen LogP contribution in [0.5, 0.6) is 5.75 Å². The number of ether oxygens (including phenoxy) is 2. The number of carbonyl (C=O) groups excluding carboxylic acids is 1. The maximum absolute atomic E-state index is 12.7. The highest BCUT2D eigenvalue weighted by Gasteiger charge is 2.12. The molecule has 30 heavy (non-hydrogen) atoms. The van der Waals surface area contributed by atoms with Gasteiger partial charge in [0.05, 0.1) is 23.8 Å². The summed E-state index contributed by atoms with van der Waals surface area (Å²) < 4.78 is 12.1. The molecule has 7 nitrogen and oxygen atoms in total. The first-order chi connectivity index (χ1) is 14.6. The summed E-state index contributed by atoms with van der Waals surface area (Å²) in [6, 6.07) is 14.3. The van der Waals surface area contributed by atoms with Gasteiger partial charge in [0.15, 0.2) is 5.82 Å². The molecule has 4 aromatic rings. The average molecular weight is 421 g/mol. The second kappa shape index (κ2) is 8.46. The van der Waals surface area contributed by atoms with Crippen LogP contribution in [0.4, 0.5) is 0 Å². The van der Waals surface area contributed by atoms with Crippen LogP contribution in [0.1, 0.15) is 29.3 Å². The lowest BCUT2D eigenvalue weighted by Gasteiger charge is -2.04. The van der Waals surface area contributed by atoms with E-state index in [2.05, 4.69) is 17.0 Å². The third-order valence-corrected chi connectivity index (χ3v) is 5.36. The summed E-state index contributed by atoms with van der Waals surface area (Å²) in [5.41, 5.74) is 1.84. The van der Waals surface area contributed by atoms with E-state index in [-0.39, 0.29) is 5.56 Å². The summed E-state index contributed by atoms with van der Waals surface area (Å²) in [7, 11) is 1.34. The van der Waals surface area contributed by atoms with Gasteiger partial charge in [-0.3, -0.25) is 4.79 Å². The molecule has 0 saturated carbocycles. The van der Waals surface area contributed by atoms with Gasteiger partial charge in [-0.1, -0.05) is 30.4 Å². The maximum atomic E-state index is 12.7. The minimum absolute atomic E-state index is 0.228. The average Bonchev–Trinajstić information content (AvgIpc) is 3.32. The number of hydrogen-bond acceptors (Lipinski definition) is 7. The first kappa shape index (κ1) is 19.8. The molecule has 0 aliphatic rings. The number of esters is 1. The third kappa shape index (κ3) is 3.95. The molecule has 0 N–H and O–H groups in total. The predicted octanol–water partition coefficient (Wildman–Crippen LogP) is 2.94. The Kier molecular flexibility index (Phi) is 5.58. The topological polar surface area (TPSA) is 82.8 Å². The number of nitrogens with zero attached hydrogens (tertiary/aromatic N) is 3. The molecule has 0 spiro atoms. The van der Waals surface area contributed by atoms with E-state index in [4.69, 9.17) is 9.47 Å². The number of hydrogen-bond donors (Lipinski definition) is 0. The van der Waals surface area contributed by atoms with Crippen molar-refractivity contribution in [3.63, 3.8) is 0 Å². The molecule has 0 saturated heterocycles. The first-order valence-corrected chi connectivity index (χ1v) is 10.2. The number of methoxy groups -OCH3 is 1. The van der Waals surface area contributed by atoms with Crippen molar-refractivity contribution < 1.29 is 14.3 Å². The van der Waals surface area contributed by atoms with Gasteiger partial charge in [-0.2, -0.15) is 9.50 Å². The molecule has 0 aliphatic heterocycles. The molecule has 0 radical (unpaired) electrons. The standard InChI is InChI=1S/C22H19N3O4S/c1-3-12-29-17-10-8-15(9-11-17)19-23-22-25(24-19)20(26)18(30-22)13-14-4-6-16(7-5-14)21(27)28-2/h4-11,13H,3,12H2,1-2H3/b18-13+. The molecule has 8 heteroatoms. The van der Waals surface area contributed by atoms with Gasteiger partial charge in [-0.25, -0.2) is 4.79 Å². The van der Waals surface area contributed by atoms with Crippen molar-refractivity contribution in [1.29, 1.82) is 0 Å². The predicted molar refractivity (Wildman–Crippen MR) is 115 cm³/mol. The second-order valence-electron chi connectivity index (χ2n) is 6.53. The van der Waals surface area contributed by atoms with Gasteiger partial charge in [0.2, 0.25) is 4.96 Å². The van der Waals surface area contributed by atoms with Gasteiger partial charge in [-0.15, -0.1) is 5.10 Å². The molecule has 0 aliphatic carbocycles. The maximum Gasteiger partial charge on any atom is 0.337 e. The zero-order valence-electron chi connectivity index (χ0n) is 16.5. The molecule has 0 fully saturated rings. The van der Waals surface area contributed by atoms with E-state index >= 15 is 0 Å². The van der Waals surface area contributed by atoms with Crippen LogP contribution in [-0.4, -0.2) is 34.3 Å². The normalized spacial score (nSPS) is 11.7. The van der Waals surface area contributed by atoms with Crippen molar-refractivity contribution in [3.05, 3.63) is 74.5 Å². The molecular weight excluding hydrogens is 402 g/mol. The zero-order chi connectivity index (χ0) is 21.1. The molecule has 2 heterocycles. The summed E-state index contributed by atoms with van der Waals surface area (Å²) in [4.78, 5) is 29.3. The largest absolute Gasteiger partial charge is 0.494 e. The van der Waals surface area contributed by atoms with E-state index in [1.807, 2.05) is 24.3 Å². The van der Waals surface area contributed by atoms with Crippen LogP contribution in [-0.2, 0) is 4.74 Å². The van der Waals surface area contributed by atoms with Gasteiger partial charge in [0.25, 0.3) is 5.56 Å². The quantitative estimate of drug-likeness (QED) is 0.445. The number of rotatable bonds is 6. The summed E-state index contributed by atoms with van der Waals surface area (Å²) in [6.45, 7) is 2.72. The van der Waals surface area contributed by atoms with E-state index in [0.717, 1.165) is 23.3 Å².